The molecule has 0 saturated heterocycles. The van der Waals surface area contributed by atoms with Crippen molar-refractivity contribution in [3.8, 4) is 0 Å². The van der Waals surface area contributed by atoms with Crippen LogP contribution in [0.3, 0.4) is 0 Å². The highest BCUT2D eigenvalue weighted by Gasteiger charge is 2.00. The molecule has 1 atom stereocenters. The van der Waals surface area contributed by atoms with Crippen LogP contribution in [-0.4, -0.2) is 5.33 Å². The largest absolute Gasteiger partial charge is 0.0925 e. The number of alkyl halides is 1. The van der Waals surface area contributed by atoms with Gasteiger partial charge in [-0.25, -0.2) is 0 Å². The third kappa shape index (κ3) is 3.83. The van der Waals surface area contributed by atoms with Crippen molar-refractivity contribution in [1.82, 2.24) is 0 Å². The molecule has 1 heteroatoms. The number of halogens is 1. The summed E-state index contributed by atoms with van der Waals surface area (Å²) < 4.78 is 0. The van der Waals surface area contributed by atoms with Crippen LogP contribution in [0.2, 0.25) is 0 Å². The van der Waals surface area contributed by atoms with Gasteiger partial charge in [-0.15, -0.1) is 0 Å². The second kappa shape index (κ2) is 6.23. The molecule has 0 heterocycles. The van der Waals surface area contributed by atoms with E-state index in [-0.39, 0.29) is 0 Å². The maximum Gasteiger partial charge on any atom is 0.00571 e. The summed E-state index contributed by atoms with van der Waals surface area (Å²) in [6.45, 7) is 4.48. The molecule has 1 unspecified atom stereocenters. The number of rotatable bonds is 5. The first kappa shape index (κ1) is 11.8. The lowest BCUT2D eigenvalue weighted by molar-refractivity contribution is 0.599. The van der Waals surface area contributed by atoms with E-state index in [9.17, 15) is 0 Å². The molecular weight excluding hydrogens is 236 g/mol. The third-order valence-electron chi connectivity index (χ3n) is 2.62. The standard InChI is InChI=1S/C13H19Br/c1-3-12-6-8-13(9-7-12)5-4-11(2)10-14/h6-9,11H,3-5,10H2,1-2H3. The van der Waals surface area contributed by atoms with Gasteiger partial charge in [0.25, 0.3) is 0 Å². The quantitative estimate of drug-likeness (QED) is 0.691. The van der Waals surface area contributed by atoms with Gasteiger partial charge in [-0.1, -0.05) is 54.0 Å². The molecule has 0 radical (unpaired) electrons. The molecule has 0 bridgehead atoms. The summed E-state index contributed by atoms with van der Waals surface area (Å²) in [6, 6.07) is 9.02. The van der Waals surface area contributed by atoms with Crippen molar-refractivity contribution in [2.45, 2.75) is 33.1 Å². The van der Waals surface area contributed by atoms with Gasteiger partial charge in [0.2, 0.25) is 0 Å². The maximum atomic E-state index is 3.51. The summed E-state index contributed by atoms with van der Waals surface area (Å²) in [5, 5.41) is 1.11. The molecule has 0 aliphatic rings. The highest BCUT2D eigenvalue weighted by Crippen LogP contribution is 2.12. The van der Waals surface area contributed by atoms with E-state index in [4.69, 9.17) is 0 Å². The Morgan fingerprint density at radius 1 is 1.14 bits per heavy atom. The van der Waals surface area contributed by atoms with E-state index in [1.165, 1.54) is 24.0 Å². The summed E-state index contributed by atoms with van der Waals surface area (Å²) >= 11 is 3.51. The lowest BCUT2D eigenvalue weighted by Crippen LogP contribution is -1.98. The Morgan fingerprint density at radius 3 is 2.21 bits per heavy atom. The topological polar surface area (TPSA) is 0 Å². The van der Waals surface area contributed by atoms with Gasteiger partial charge in [-0.2, -0.15) is 0 Å². The fourth-order valence-corrected chi connectivity index (χ4v) is 1.76. The zero-order chi connectivity index (χ0) is 10.4. The lowest BCUT2D eigenvalue weighted by atomic mass is 10.0. The van der Waals surface area contributed by atoms with Crippen LogP contribution < -0.4 is 0 Å². The number of hydrogen-bond donors (Lipinski definition) is 0. The molecule has 0 nitrogen and oxygen atoms in total. The van der Waals surface area contributed by atoms with Gasteiger partial charge in [0.15, 0.2) is 0 Å². The minimum Gasteiger partial charge on any atom is -0.0925 e. The Bertz CT molecular complexity index is 250. The van der Waals surface area contributed by atoms with E-state index in [2.05, 4.69) is 54.0 Å². The molecule has 0 aromatic heterocycles. The lowest BCUT2D eigenvalue weighted by Gasteiger charge is -2.07. The number of hydrogen-bond acceptors (Lipinski definition) is 0. The molecule has 0 aliphatic carbocycles. The van der Waals surface area contributed by atoms with Gasteiger partial charge in [0.05, 0.1) is 0 Å². The average molecular weight is 255 g/mol. The molecule has 1 rings (SSSR count). The van der Waals surface area contributed by atoms with E-state index < -0.39 is 0 Å². The fourth-order valence-electron chi connectivity index (χ4n) is 1.43. The normalized spacial score (nSPS) is 12.8. The molecule has 0 spiro atoms. The van der Waals surface area contributed by atoms with Crippen LogP contribution in [0.1, 0.15) is 31.4 Å². The summed E-state index contributed by atoms with van der Waals surface area (Å²) in [5.41, 5.74) is 2.90. The first-order valence-electron chi connectivity index (χ1n) is 5.40. The van der Waals surface area contributed by atoms with Gasteiger partial charge in [-0.3, -0.25) is 0 Å². The van der Waals surface area contributed by atoms with Crippen molar-refractivity contribution < 1.29 is 0 Å². The van der Waals surface area contributed by atoms with Crippen LogP contribution in [0, 0.1) is 5.92 Å². The van der Waals surface area contributed by atoms with Crippen molar-refractivity contribution in [1.29, 1.82) is 0 Å². The number of benzene rings is 1. The first-order valence-corrected chi connectivity index (χ1v) is 6.52. The minimum atomic E-state index is 0.779. The van der Waals surface area contributed by atoms with Crippen LogP contribution >= 0.6 is 15.9 Å². The molecule has 0 saturated carbocycles. The highest BCUT2D eigenvalue weighted by molar-refractivity contribution is 9.09. The van der Waals surface area contributed by atoms with E-state index in [1.54, 1.807) is 0 Å². The first-order chi connectivity index (χ1) is 6.76. The Labute approximate surface area is 95.9 Å². The molecule has 14 heavy (non-hydrogen) atoms. The average Bonchev–Trinajstić information content (AvgIpc) is 2.26. The fraction of sp³-hybridized carbons (Fsp3) is 0.538. The smallest absolute Gasteiger partial charge is 0.00571 e. The van der Waals surface area contributed by atoms with Crippen LogP contribution in [0.5, 0.6) is 0 Å². The monoisotopic (exact) mass is 254 g/mol. The van der Waals surface area contributed by atoms with Crippen molar-refractivity contribution in [2.24, 2.45) is 5.92 Å². The van der Waals surface area contributed by atoms with Crippen LogP contribution in [-0.2, 0) is 12.8 Å². The minimum absolute atomic E-state index is 0.779. The Morgan fingerprint density at radius 2 is 1.71 bits per heavy atom. The van der Waals surface area contributed by atoms with E-state index in [1.807, 2.05) is 0 Å². The van der Waals surface area contributed by atoms with E-state index >= 15 is 0 Å². The SMILES string of the molecule is CCc1ccc(CCC(C)CBr)cc1. The van der Waals surface area contributed by atoms with Crippen molar-refractivity contribution in [3.05, 3.63) is 35.4 Å². The molecule has 0 N–H and O–H groups in total. The van der Waals surface area contributed by atoms with Gasteiger partial charge < -0.3 is 0 Å². The summed E-state index contributed by atoms with van der Waals surface area (Å²) in [7, 11) is 0. The van der Waals surface area contributed by atoms with Gasteiger partial charge in [0.1, 0.15) is 0 Å². The Hall–Kier alpha value is -0.300. The molecule has 0 amide bonds. The zero-order valence-electron chi connectivity index (χ0n) is 9.09. The summed E-state index contributed by atoms with van der Waals surface area (Å²) in [6.07, 6.45) is 3.62. The molecule has 0 fully saturated rings. The van der Waals surface area contributed by atoms with Crippen LogP contribution in [0.15, 0.2) is 24.3 Å². The van der Waals surface area contributed by atoms with Crippen LogP contribution in [0.25, 0.3) is 0 Å². The van der Waals surface area contributed by atoms with Crippen LogP contribution in [0.4, 0.5) is 0 Å². The van der Waals surface area contributed by atoms with Crippen molar-refractivity contribution in [3.63, 3.8) is 0 Å². The summed E-state index contributed by atoms with van der Waals surface area (Å²) in [5.74, 6) is 0.779. The number of aryl methyl sites for hydroxylation is 2. The van der Waals surface area contributed by atoms with Gasteiger partial charge in [-0.05, 0) is 36.3 Å². The van der Waals surface area contributed by atoms with Gasteiger partial charge >= 0.3 is 0 Å². The molecule has 1 aromatic carbocycles. The second-order valence-electron chi connectivity index (χ2n) is 3.97. The molecule has 78 valence electrons. The van der Waals surface area contributed by atoms with Gasteiger partial charge in [0, 0.05) is 5.33 Å². The Kier molecular flexibility index (Phi) is 5.24. The van der Waals surface area contributed by atoms with Crippen molar-refractivity contribution >= 4 is 15.9 Å². The highest BCUT2D eigenvalue weighted by atomic mass is 79.9. The zero-order valence-corrected chi connectivity index (χ0v) is 10.7. The molecular formula is C13H19Br. The predicted molar refractivity (Wildman–Crippen MR) is 67.1 cm³/mol. The predicted octanol–water partition coefficient (Wildman–Crippen LogP) is 4.21. The van der Waals surface area contributed by atoms with E-state index in [0.29, 0.717) is 0 Å². The van der Waals surface area contributed by atoms with Crippen molar-refractivity contribution in [2.75, 3.05) is 5.33 Å². The maximum absolute atomic E-state index is 3.51. The summed E-state index contributed by atoms with van der Waals surface area (Å²) in [4.78, 5) is 0. The Balaban J connectivity index is 2.43. The van der Waals surface area contributed by atoms with E-state index in [0.717, 1.165) is 17.7 Å². The third-order valence-corrected chi connectivity index (χ3v) is 3.73. The second-order valence-corrected chi connectivity index (χ2v) is 4.62. The molecule has 1 aromatic rings. The molecule has 0 aliphatic heterocycles.